The van der Waals surface area contributed by atoms with Crippen molar-refractivity contribution >= 4 is 12.1 Å². The molecule has 1 atom stereocenters. The van der Waals surface area contributed by atoms with Crippen LogP contribution in [0.2, 0.25) is 0 Å². The molecule has 0 radical (unpaired) electrons. The van der Waals surface area contributed by atoms with Gasteiger partial charge in [0.15, 0.2) is 0 Å². The van der Waals surface area contributed by atoms with Crippen LogP contribution in [0.1, 0.15) is 34.1 Å². The van der Waals surface area contributed by atoms with E-state index < -0.39 is 11.6 Å². The molecule has 1 heterocycles. The zero-order valence-electron chi connectivity index (χ0n) is 12.1. The first kappa shape index (κ1) is 15.8. The lowest BCUT2D eigenvalue weighted by atomic mass is 9.93. The monoisotopic (exact) mass is 272 g/mol. The second-order valence-electron chi connectivity index (χ2n) is 5.85. The number of rotatable bonds is 4. The summed E-state index contributed by atoms with van der Waals surface area (Å²) in [6.07, 6.45) is 0.228. The van der Waals surface area contributed by atoms with E-state index in [0.717, 1.165) is 0 Å². The Hall–Kier alpha value is -1.30. The standard InChI is InChI=1S/C13H24N2O4/c1-5-18-11(16)10(14)6-9-7-15(8-9)12(17)19-13(2,3)4/h9-10H,5-8,14H2,1-4H3. The SMILES string of the molecule is CCOC(=O)C(N)CC1CN(C(=O)OC(C)(C)C)C1. The lowest BCUT2D eigenvalue weighted by molar-refractivity contribution is -0.145. The minimum absolute atomic E-state index is 0.243. The topological polar surface area (TPSA) is 81.9 Å². The number of ether oxygens (including phenoxy) is 2. The lowest BCUT2D eigenvalue weighted by Crippen LogP contribution is -2.53. The molecule has 6 heteroatoms. The molecule has 1 unspecified atom stereocenters. The summed E-state index contributed by atoms with van der Waals surface area (Å²) in [7, 11) is 0. The summed E-state index contributed by atoms with van der Waals surface area (Å²) in [5.74, 6) is -0.134. The molecule has 2 N–H and O–H groups in total. The molecule has 1 aliphatic rings. The normalized spacial score (nSPS) is 17.6. The highest BCUT2D eigenvalue weighted by molar-refractivity contribution is 5.75. The minimum atomic E-state index is -0.606. The van der Waals surface area contributed by atoms with Gasteiger partial charge in [0.2, 0.25) is 0 Å². The van der Waals surface area contributed by atoms with Gasteiger partial charge in [-0.25, -0.2) is 4.79 Å². The van der Waals surface area contributed by atoms with E-state index in [1.807, 2.05) is 20.8 Å². The second kappa shape index (κ2) is 6.23. The fraction of sp³-hybridized carbons (Fsp3) is 0.846. The Bertz CT molecular complexity index is 332. The van der Waals surface area contributed by atoms with Gasteiger partial charge in [0.1, 0.15) is 11.6 Å². The molecule has 1 fully saturated rings. The first-order chi connectivity index (χ1) is 8.73. The molecule has 1 aliphatic heterocycles. The van der Waals surface area contributed by atoms with Crippen molar-refractivity contribution in [1.82, 2.24) is 4.90 Å². The van der Waals surface area contributed by atoms with Crippen molar-refractivity contribution in [3.63, 3.8) is 0 Å². The van der Waals surface area contributed by atoms with Gasteiger partial charge in [-0.2, -0.15) is 0 Å². The summed E-state index contributed by atoms with van der Waals surface area (Å²) >= 11 is 0. The van der Waals surface area contributed by atoms with Crippen molar-refractivity contribution in [3.05, 3.63) is 0 Å². The summed E-state index contributed by atoms with van der Waals surface area (Å²) in [5, 5.41) is 0. The molecule has 1 rings (SSSR count). The lowest BCUT2D eigenvalue weighted by Gasteiger charge is -2.40. The maximum absolute atomic E-state index is 11.7. The van der Waals surface area contributed by atoms with Crippen molar-refractivity contribution in [2.45, 2.75) is 45.8 Å². The van der Waals surface area contributed by atoms with Crippen LogP contribution in [-0.4, -0.2) is 48.3 Å². The van der Waals surface area contributed by atoms with Crippen LogP contribution in [-0.2, 0) is 14.3 Å². The molecule has 0 aliphatic carbocycles. The summed E-state index contributed by atoms with van der Waals surface area (Å²) in [4.78, 5) is 24.7. The van der Waals surface area contributed by atoms with Gasteiger partial charge in [0.05, 0.1) is 6.61 Å². The third-order valence-corrected chi connectivity index (χ3v) is 2.79. The van der Waals surface area contributed by atoms with Crippen LogP contribution in [0.15, 0.2) is 0 Å². The van der Waals surface area contributed by atoms with Gasteiger partial charge < -0.3 is 20.1 Å². The molecule has 0 bridgehead atoms. The molecule has 6 nitrogen and oxygen atoms in total. The van der Waals surface area contributed by atoms with Crippen LogP contribution < -0.4 is 5.73 Å². The van der Waals surface area contributed by atoms with E-state index >= 15 is 0 Å². The average molecular weight is 272 g/mol. The predicted molar refractivity (Wildman–Crippen MR) is 70.5 cm³/mol. The fourth-order valence-electron chi connectivity index (χ4n) is 1.90. The number of hydrogen-bond donors (Lipinski definition) is 1. The predicted octanol–water partition coefficient (Wildman–Crippen LogP) is 1.13. The van der Waals surface area contributed by atoms with Gasteiger partial charge >= 0.3 is 12.1 Å². The van der Waals surface area contributed by atoms with Crippen LogP contribution >= 0.6 is 0 Å². The Morgan fingerprint density at radius 2 is 1.95 bits per heavy atom. The molecule has 1 amide bonds. The quantitative estimate of drug-likeness (QED) is 0.776. The summed E-state index contributed by atoms with van der Waals surface area (Å²) < 4.78 is 10.1. The van der Waals surface area contributed by atoms with E-state index in [9.17, 15) is 9.59 Å². The van der Waals surface area contributed by atoms with Gasteiger partial charge in [-0.1, -0.05) is 0 Å². The largest absolute Gasteiger partial charge is 0.465 e. The Balaban J connectivity index is 2.27. The van der Waals surface area contributed by atoms with E-state index in [1.165, 1.54) is 0 Å². The van der Waals surface area contributed by atoms with Crippen molar-refractivity contribution in [2.75, 3.05) is 19.7 Å². The van der Waals surface area contributed by atoms with Gasteiger partial charge in [0.25, 0.3) is 0 Å². The van der Waals surface area contributed by atoms with Crippen molar-refractivity contribution < 1.29 is 19.1 Å². The first-order valence-electron chi connectivity index (χ1n) is 6.63. The van der Waals surface area contributed by atoms with Gasteiger partial charge in [-0.15, -0.1) is 0 Å². The molecule has 0 aromatic rings. The molecule has 19 heavy (non-hydrogen) atoms. The highest BCUT2D eigenvalue weighted by Crippen LogP contribution is 2.23. The second-order valence-corrected chi connectivity index (χ2v) is 5.85. The third-order valence-electron chi connectivity index (χ3n) is 2.79. The van der Waals surface area contributed by atoms with Gasteiger partial charge in [0, 0.05) is 13.1 Å². The Kier molecular flexibility index (Phi) is 5.17. The van der Waals surface area contributed by atoms with Gasteiger partial charge in [-0.05, 0) is 40.0 Å². The Labute approximate surface area is 114 Å². The number of nitrogens with two attached hydrogens (primary N) is 1. The maximum Gasteiger partial charge on any atom is 0.410 e. The Morgan fingerprint density at radius 1 is 1.37 bits per heavy atom. The van der Waals surface area contributed by atoms with E-state index in [1.54, 1.807) is 11.8 Å². The van der Waals surface area contributed by atoms with Crippen molar-refractivity contribution in [2.24, 2.45) is 11.7 Å². The van der Waals surface area contributed by atoms with E-state index in [-0.39, 0.29) is 18.0 Å². The summed E-state index contributed by atoms with van der Waals surface area (Å²) in [5.41, 5.74) is 5.25. The molecule has 1 saturated heterocycles. The van der Waals surface area contributed by atoms with Crippen LogP contribution in [0.5, 0.6) is 0 Å². The summed E-state index contributed by atoms with van der Waals surface area (Å²) in [6.45, 7) is 8.75. The number of esters is 1. The van der Waals surface area contributed by atoms with Crippen LogP contribution in [0, 0.1) is 5.92 Å². The fourth-order valence-corrected chi connectivity index (χ4v) is 1.90. The van der Waals surface area contributed by atoms with Crippen LogP contribution in [0.25, 0.3) is 0 Å². The average Bonchev–Trinajstić information content (AvgIpc) is 2.19. The van der Waals surface area contributed by atoms with Crippen LogP contribution in [0.3, 0.4) is 0 Å². The maximum atomic E-state index is 11.7. The molecular weight excluding hydrogens is 248 g/mol. The van der Waals surface area contributed by atoms with Crippen molar-refractivity contribution in [3.8, 4) is 0 Å². The number of nitrogens with zero attached hydrogens (tertiary/aromatic N) is 1. The van der Waals surface area contributed by atoms with Crippen molar-refractivity contribution in [1.29, 1.82) is 0 Å². The third kappa shape index (κ3) is 5.06. The molecule has 0 aromatic heterocycles. The molecule has 0 saturated carbocycles. The molecule has 0 spiro atoms. The van der Waals surface area contributed by atoms with Crippen LogP contribution in [0.4, 0.5) is 4.79 Å². The Morgan fingerprint density at radius 3 is 2.42 bits per heavy atom. The smallest absolute Gasteiger partial charge is 0.410 e. The highest BCUT2D eigenvalue weighted by Gasteiger charge is 2.35. The van der Waals surface area contributed by atoms with E-state index in [4.69, 9.17) is 15.2 Å². The number of carbonyl (C=O) groups excluding carboxylic acids is 2. The highest BCUT2D eigenvalue weighted by atomic mass is 16.6. The number of likely N-dealkylation sites (tertiary alicyclic amines) is 1. The summed E-state index contributed by atoms with van der Waals surface area (Å²) in [6, 6.07) is -0.606. The molecular formula is C13H24N2O4. The zero-order valence-corrected chi connectivity index (χ0v) is 12.1. The number of hydrogen-bond acceptors (Lipinski definition) is 5. The van der Waals surface area contributed by atoms with Gasteiger partial charge in [-0.3, -0.25) is 4.79 Å². The van der Waals surface area contributed by atoms with E-state index in [0.29, 0.717) is 26.1 Å². The minimum Gasteiger partial charge on any atom is -0.465 e. The number of carbonyl (C=O) groups is 2. The first-order valence-corrected chi connectivity index (χ1v) is 6.63. The zero-order chi connectivity index (χ0) is 14.6. The van der Waals surface area contributed by atoms with E-state index in [2.05, 4.69) is 0 Å². The molecule has 110 valence electrons. The molecule has 0 aromatic carbocycles. The number of amides is 1.